The van der Waals surface area contributed by atoms with Gasteiger partial charge in [0, 0.05) is 0 Å². The van der Waals surface area contributed by atoms with E-state index in [-0.39, 0.29) is 35.6 Å². The summed E-state index contributed by atoms with van der Waals surface area (Å²) in [6, 6.07) is 0. The summed E-state index contributed by atoms with van der Waals surface area (Å²) < 4.78 is 4.59. The lowest BCUT2D eigenvalue weighted by Crippen LogP contribution is -2.21. The Morgan fingerprint density at radius 1 is 1.08 bits per heavy atom. The van der Waals surface area contributed by atoms with Gasteiger partial charge in [-0.3, -0.25) is 9.59 Å². The summed E-state index contributed by atoms with van der Waals surface area (Å²) >= 11 is 0. The average Bonchev–Trinajstić information content (AvgIpc) is 2.64. The Bertz CT molecular complexity index is 277. The maximum Gasteiger partial charge on any atom is 0.318 e. The zero-order valence-electron chi connectivity index (χ0n) is 6.40. The minimum Gasteiger partial charge on any atom is -0.393 e. The highest BCUT2D eigenvalue weighted by atomic mass is 16.6. The number of hydrogen-bond donors (Lipinski definition) is 0. The van der Waals surface area contributed by atoms with Gasteiger partial charge in [-0.1, -0.05) is 12.2 Å². The van der Waals surface area contributed by atoms with E-state index < -0.39 is 0 Å². The van der Waals surface area contributed by atoms with Gasteiger partial charge in [0.25, 0.3) is 0 Å². The van der Waals surface area contributed by atoms with Gasteiger partial charge < -0.3 is 4.74 Å². The first-order chi connectivity index (χ1) is 5.77. The predicted octanol–water partition coefficient (Wildman–Crippen LogP) is 0.508. The molecule has 1 saturated carbocycles. The molecule has 1 saturated heterocycles. The molecule has 2 aliphatic carbocycles. The van der Waals surface area contributed by atoms with Gasteiger partial charge in [0.2, 0.25) is 0 Å². The van der Waals surface area contributed by atoms with E-state index in [2.05, 4.69) is 4.74 Å². The molecular formula is C9H8O3. The smallest absolute Gasteiger partial charge is 0.318 e. The molecule has 4 atom stereocenters. The molecule has 62 valence electrons. The summed E-state index contributed by atoms with van der Waals surface area (Å²) in [5.41, 5.74) is 0. The Balaban J connectivity index is 2.08. The normalized spacial score (nSPS) is 48.3. The van der Waals surface area contributed by atoms with Crippen LogP contribution in [0.1, 0.15) is 6.42 Å². The molecule has 2 bridgehead atoms. The first-order valence-electron chi connectivity index (χ1n) is 4.21. The number of cyclic esters (lactones) is 2. The largest absolute Gasteiger partial charge is 0.393 e. The third-order valence-electron chi connectivity index (χ3n) is 3.20. The third kappa shape index (κ3) is 0.543. The second-order valence-corrected chi connectivity index (χ2v) is 3.74. The third-order valence-corrected chi connectivity index (χ3v) is 3.20. The van der Waals surface area contributed by atoms with Crippen LogP contribution < -0.4 is 0 Å². The first-order valence-corrected chi connectivity index (χ1v) is 4.21. The molecule has 3 aliphatic rings. The van der Waals surface area contributed by atoms with Crippen molar-refractivity contribution < 1.29 is 14.3 Å². The van der Waals surface area contributed by atoms with Gasteiger partial charge in [-0.25, -0.2) is 0 Å². The van der Waals surface area contributed by atoms with Gasteiger partial charge >= 0.3 is 11.9 Å². The van der Waals surface area contributed by atoms with Crippen molar-refractivity contribution in [2.24, 2.45) is 23.7 Å². The highest BCUT2D eigenvalue weighted by Crippen LogP contribution is 2.51. The van der Waals surface area contributed by atoms with E-state index in [1.54, 1.807) is 0 Å². The summed E-state index contributed by atoms with van der Waals surface area (Å²) in [6.07, 6.45) is 5.06. The Hall–Kier alpha value is -1.12. The molecule has 0 amide bonds. The van der Waals surface area contributed by atoms with Crippen molar-refractivity contribution in [1.82, 2.24) is 0 Å². The van der Waals surface area contributed by atoms with E-state index in [1.807, 2.05) is 12.2 Å². The number of rotatable bonds is 0. The molecule has 1 aliphatic heterocycles. The molecule has 1 heterocycles. The molecule has 3 nitrogen and oxygen atoms in total. The Morgan fingerprint density at radius 2 is 1.58 bits per heavy atom. The van der Waals surface area contributed by atoms with E-state index in [4.69, 9.17) is 0 Å². The number of carbonyl (C=O) groups excluding carboxylic acids is 2. The van der Waals surface area contributed by atoms with E-state index in [0.717, 1.165) is 6.42 Å². The molecule has 3 rings (SSSR count). The monoisotopic (exact) mass is 164 g/mol. The zero-order chi connectivity index (χ0) is 8.29. The van der Waals surface area contributed by atoms with Crippen LogP contribution in [0.5, 0.6) is 0 Å². The number of carbonyl (C=O) groups is 2. The predicted molar refractivity (Wildman–Crippen MR) is 38.8 cm³/mol. The number of hydrogen-bond acceptors (Lipinski definition) is 3. The van der Waals surface area contributed by atoms with Gasteiger partial charge in [-0.2, -0.15) is 0 Å². The zero-order valence-corrected chi connectivity index (χ0v) is 6.40. The molecule has 0 aromatic heterocycles. The first kappa shape index (κ1) is 6.40. The Morgan fingerprint density at radius 3 is 2.08 bits per heavy atom. The van der Waals surface area contributed by atoms with Crippen molar-refractivity contribution in [2.75, 3.05) is 0 Å². The van der Waals surface area contributed by atoms with Crippen LogP contribution in [0.4, 0.5) is 0 Å². The van der Waals surface area contributed by atoms with Crippen molar-refractivity contribution in [2.45, 2.75) is 6.42 Å². The van der Waals surface area contributed by atoms with Crippen molar-refractivity contribution in [3.8, 4) is 0 Å². The van der Waals surface area contributed by atoms with Gasteiger partial charge in [0.1, 0.15) is 0 Å². The van der Waals surface area contributed by atoms with Gasteiger partial charge in [-0.15, -0.1) is 0 Å². The van der Waals surface area contributed by atoms with Gasteiger partial charge in [0.15, 0.2) is 0 Å². The fourth-order valence-corrected chi connectivity index (χ4v) is 2.70. The maximum absolute atomic E-state index is 11.2. The maximum atomic E-state index is 11.2. The minimum atomic E-state index is -0.304. The fraction of sp³-hybridized carbons (Fsp3) is 0.556. The molecule has 3 heteroatoms. The lowest BCUT2D eigenvalue weighted by molar-refractivity contribution is -0.154. The highest BCUT2D eigenvalue weighted by Gasteiger charge is 2.57. The number of fused-ring (bicyclic) bond motifs is 5. The van der Waals surface area contributed by atoms with E-state index in [0.29, 0.717) is 0 Å². The molecular weight excluding hydrogens is 156 g/mol. The van der Waals surface area contributed by atoms with Crippen LogP contribution >= 0.6 is 0 Å². The van der Waals surface area contributed by atoms with Crippen LogP contribution in [0, 0.1) is 23.7 Å². The molecule has 0 spiro atoms. The molecule has 0 unspecified atom stereocenters. The SMILES string of the molecule is O=C1OC(=O)[C@H]2[C@@H]1[C@@H]1C=C[C@@H]2C1. The second kappa shape index (κ2) is 1.79. The summed E-state index contributed by atoms with van der Waals surface area (Å²) in [7, 11) is 0. The van der Waals surface area contributed by atoms with Crippen LogP contribution in [0.25, 0.3) is 0 Å². The van der Waals surface area contributed by atoms with E-state index in [9.17, 15) is 9.59 Å². The van der Waals surface area contributed by atoms with Crippen molar-refractivity contribution >= 4 is 11.9 Å². The van der Waals surface area contributed by atoms with E-state index >= 15 is 0 Å². The molecule has 0 radical (unpaired) electrons. The van der Waals surface area contributed by atoms with Gasteiger partial charge in [-0.05, 0) is 18.3 Å². The number of ether oxygens (including phenoxy) is 1. The lowest BCUT2D eigenvalue weighted by atomic mass is 9.85. The highest BCUT2D eigenvalue weighted by molar-refractivity contribution is 5.98. The Kier molecular flexibility index (Phi) is 0.953. The topological polar surface area (TPSA) is 43.4 Å². The summed E-state index contributed by atoms with van der Waals surface area (Å²) in [5.74, 6) is -0.346. The quantitative estimate of drug-likeness (QED) is 0.297. The molecule has 2 fully saturated rings. The summed E-state index contributed by atoms with van der Waals surface area (Å²) in [5, 5.41) is 0. The van der Waals surface area contributed by atoms with Crippen molar-refractivity contribution in [3.63, 3.8) is 0 Å². The van der Waals surface area contributed by atoms with Gasteiger partial charge in [0.05, 0.1) is 11.8 Å². The van der Waals surface area contributed by atoms with Crippen LogP contribution in [-0.2, 0) is 14.3 Å². The van der Waals surface area contributed by atoms with Crippen LogP contribution in [0.15, 0.2) is 12.2 Å². The number of allylic oxidation sites excluding steroid dienone is 2. The van der Waals surface area contributed by atoms with Crippen molar-refractivity contribution in [1.29, 1.82) is 0 Å². The molecule has 12 heavy (non-hydrogen) atoms. The molecule has 0 aromatic rings. The van der Waals surface area contributed by atoms with Crippen LogP contribution in [0.2, 0.25) is 0 Å². The number of esters is 2. The van der Waals surface area contributed by atoms with Crippen LogP contribution in [0.3, 0.4) is 0 Å². The Labute approximate surface area is 69.4 Å². The average molecular weight is 164 g/mol. The van der Waals surface area contributed by atoms with Crippen LogP contribution in [-0.4, -0.2) is 11.9 Å². The van der Waals surface area contributed by atoms with E-state index in [1.165, 1.54) is 0 Å². The molecule has 0 N–H and O–H groups in total. The summed E-state index contributed by atoms with van der Waals surface area (Å²) in [4.78, 5) is 22.4. The fourth-order valence-electron chi connectivity index (χ4n) is 2.70. The second-order valence-electron chi connectivity index (χ2n) is 3.74. The minimum absolute atomic E-state index is 0.146. The van der Waals surface area contributed by atoms with Crippen molar-refractivity contribution in [3.05, 3.63) is 12.2 Å². The summed E-state index contributed by atoms with van der Waals surface area (Å²) in [6.45, 7) is 0. The standard InChI is InChI=1S/C9H8O3/c10-8-6-4-1-2-5(3-4)7(6)9(11)12-8/h1-2,4-7H,3H2/t4-,5-,6-,7+/m1/s1. The lowest BCUT2D eigenvalue weighted by Gasteiger charge is -2.12. The molecule has 0 aromatic carbocycles.